The lowest BCUT2D eigenvalue weighted by Crippen LogP contribution is -2.66. The zero-order chi connectivity index (χ0) is 55.3. The topological polar surface area (TPSA) is 259 Å². The lowest BCUT2D eigenvalue weighted by Gasteiger charge is -2.50. The van der Waals surface area contributed by atoms with Crippen molar-refractivity contribution in [2.24, 2.45) is 11.8 Å². The van der Waals surface area contributed by atoms with Gasteiger partial charge < -0.3 is 77.7 Å². The summed E-state index contributed by atoms with van der Waals surface area (Å²) >= 11 is 0. The van der Waals surface area contributed by atoms with E-state index in [4.69, 9.17) is 42.6 Å². The molecule has 0 aromatic heterocycles. The molecule has 22 heteroatoms. The first-order valence-electron chi connectivity index (χ1n) is 26.2. The van der Waals surface area contributed by atoms with E-state index >= 15 is 4.39 Å². The molecule has 0 aliphatic carbocycles. The molecule has 0 spiro atoms. The van der Waals surface area contributed by atoms with Crippen molar-refractivity contribution >= 4 is 42.1 Å². The van der Waals surface area contributed by atoms with Crippen molar-refractivity contribution in [1.82, 2.24) is 9.80 Å². The Balaban J connectivity index is 1.43. The van der Waals surface area contributed by atoms with Crippen LogP contribution in [0.3, 0.4) is 0 Å². The van der Waals surface area contributed by atoms with Gasteiger partial charge in [0, 0.05) is 51.3 Å². The van der Waals surface area contributed by atoms with E-state index in [2.05, 4.69) is 0 Å². The Morgan fingerprint density at radius 3 is 2.27 bits per heavy atom. The number of halogens is 1. The van der Waals surface area contributed by atoms with Gasteiger partial charge in [-0.25, -0.2) is 9.18 Å². The number of aliphatic hydroxyl groups excluding tert-OH is 3. The maximum Gasteiger partial charge on any atom is 0.414 e. The fourth-order valence-electron chi connectivity index (χ4n) is 10.4. The minimum Gasteiger partial charge on any atom is -0.462 e. The number of hydrogen-bond acceptors (Lipinski definition) is 20. The predicted molar refractivity (Wildman–Crippen MR) is 268 cm³/mol. The molecule has 1 amide bonds. The highest BCUT2D eigenvalue weighted by atomic mass is 19.1. The molecule has 4 saturated heterocycles. The number of ether oxygens (including phenoxy) is 9. The Morgan fingerprint density at radius 2 is 1.65 bits per heavy atom. The molecule has 17 atom stereocenters. The average Bonchev–Trinajstić information content (AvgIpc) is 3.73. The minimum absolute atomic E-state index is 0.0684. The summed E-state index contributed by atoms with van der Waals surface area (Å²) in [5.41, 5.74) is -1.07. The third kappa shape index (κ3) is 16.7. The van der Waals surface area contributed by atoms with Gasteiger partial charge in [0.15, 0.2) is 18.7 Å². The molecule has 4 aliphatic rings. The fourth-order valence-corrected chi connectivity index (χ4v) is 10.4. The van der Waals surface area contributed by atoms with Crippen LogP contribution in [-0.4, -0.2) is 206 Å². The molecule has 5 rings (SSSR count). The van der Waals surface area contributed by atoms with Crippen molar-refractivity contribution < 1.29 is 91.4 Å². The molecule has 424 valence electrons. The van der Waals surface area contributed by atoms with Crippen LogP contribution < -0.4 is 4.90 Å². The average molecular weight is 1070 g/mol. The largest absolute Gasteiger partial charge is 0.462 e. The number of carbonyl (C=O) groups is 5. The molecule has 5 unspecified atom stereocenters. The van der Waals surface area contributed by atoms with Crippen molar-refractivity contribution in [1.29, 1.82) is 0 Å². The van der Waals surface area contributed by atoms with Crippen LogP contribution in [0.4, 0.5) is 14.9 Å². The summed E-state index contributed by atoms with van der Waals surface area (Å²) in [5.74, 6) is -3.75. The SMILES string of the molecule is CCC(=O)O[C@@H]1CC(=O)O[C@@H](C/C=C/c2ccc(N3C[C@H](CO)OC3=O)cc2F)CCCN(C)C[C@H](O)[C@H](C)C[C@H](CC=O)[C@H](O[C@@H]2OC(C)[C@H](O[C@H]3CC(C)(O)[C@@H](OC(=O)CC)C(C)O3)C(N(C)C)C2O)[C@H]1OC. The van der Waals surface area contributed by atoms with Crippen LogP contribution in [0.25, 0.3) is 6.08 Å². The molecule has 4 heterocycles. The molecule has 1 aromatic carbocycles. The van der Waals surface area contributed by atoms with E-state index < -0.39 is 139 Å². The molecule has 0 radical (unpaired) electrons. The van der Waals surface area contributed by atoms with Crippen LogP contribution in [0.2, 0.25) is 0 Å². The van der Waals surface area contributed by atoms with E-state index in [0.29, 0.717) is 25.7 Å². The first-order chi connectivity index (χ1) is 35.5. The summed E-state index contributed by atoms with van der Waals surface area (Å²) in [5, 5.41) is 44.8. The maximum absolute atomic E-state index is 15.4. The number of β-amino-alcohol motifs (C(OH)–C–C–N with tert-alkyl or cyclic N) is 1. The number of aliphatic hydroxyl groups is 4. The molecular formula is C53H82FN3O18. The summed E-state index contributed by atoms with van der Waals surface area (Å²) in [7, 11) is 6.65. The van der Waals surface area contributed by atoms with E-state index in [1.54, 1.807) is 58.8 Å². The van der Waals surface area contributed by atoms with Gasteiger partial charge in [-0.1, -0.05) is 32.9 Å². The second kappa shape index (κ2) is 28.4. The van der Waals surface area contributed by atoms with Crippen molar-refractivity contribution in [3.8, 4) is 0 Å². The Labute approximate surface area is 439 Å². The Kier molecular flexibility index (Phi) is 23.4. The number of nitrogens with zero attached hydrogens (tertiary/aromatic N) is 3. The Bertz CT molecular complexity index is 2060. The molecule has 75 heavy (non-hydrogen) atoms. The number of methoxy groups -OCH3 is 1. The summed E-state index contributed by atoms with van der Waals surface area (Å²) in [6.45, 7) is 10.4. The van der Waals surface area contributed by atoms with Gasteiger partial charge >= 0.3 is 24.0 Å². The zero-order valence-electron chi connectivity index (χ0n) is 45.1. The van der Waals surface area contributed by atoms with Gasteiger partial charge in [-0.3, -0.25) is 19.3 Å². The van der Waals surface area contributed by atoms with Crippen molar-refractivity contribution in [2.45, 2.75) is 191 Å². The van der Waals surface area contributed by atoms with Crippen molar-refractivity contribution in [3.63, 3.8) is 0 Å². The summed E-state index contributed by atoms with van der Waals surface area (Å²) < 4.78 is 70.1. The Morgan fingerprint density at radius 1 is 0.947 bits per heavy atom. The first-order valence-corrected chi connectivity index (χ1v) is 26.2. The number of likely N-dealkylation sites (N-methyl/N-ethyl adjacent to an activating group) is 2. The van der Waals surface area contributed by atoms with Gasteiger partial charge in [-0.15, -0.1) is 0 Å². The van der Waals surface area contributed by atoms with Gasteiger partial charge in [-0.05, 0) is 97.8 Å². The fraction of sp³-hybridized carbons (Fsp3) is 0.755. The number of aldehydes is 1. The number of carbonyl (C=O) groups excluding carboxylic acids is 5. The second-order valence-corrected chi connectivity index (χ2v) is 20.8. The van der Waals surface area contributed by atoms with E-state index in [0.717, 1.165) is 0 Å². The summed E-state index contributed by atoms with van der Waals surface area (Å²) in [4.78, 5) is 69.5. The third-order valence-corrected chi connectivity index (χ3v) is 14.5. The normalized spacial score (nSPS) is 36.0. The van der Waals surface area contributed by atoms with Crippen LogP contribution in [0.15, 0.2) is 24.3 Å². The molecule has 0 saturated carbocycles. The highest BCUT2D eigenvalue weighted by Crippen LogP contribution is 2.38. The van der Waals surface area contributed by atoms with Crippen LogP contribution in [0.1, 0.15) is 105 Å². The minimum atomic E-state index is -1.53. The van der Waals surface area contributed by atoms with Crippen molar-refractivity contribution in [2.75, 3.05) is 59.4 Å². The molecule has 4 fully saturated rings. The lowest BCUT2D eigenvalue weighted by atomic mass is 9.82. The number of rotatable bonds is 17. The molecule has 1 aromatic rings. The van der Waals surface area contributed by atoms with E-state index in [9.17, 15) is 44.4 Å². The third-order valence-electron chi connectivity index (χ3n) is 14.5. The van der Waals surface area contributed by atoms with Gasteiger partial charge in [-0.2, -0.15) is 0 Å². The number of anilines is 1. The smallest absolute Gasteiger partial charge is 0.414 e. The quantitative estimate of drug-likeness (QED) is 0.0989. The number of amides is 1. The second-order valence-electron chi connectivity index (χ2n) is 20.8. The van der Waals surface area contributed by atoms with Crippen LogP contribution in [0.5, 0.6) is 0 Å². The van der Waals surface area contributed by atoms with Crippen LogP contribution >= 0.6 is 0 Å². The molecule has 4 aliphatic heterocycles. The van der Waals surface area contributed by atoms with E-state index in [1.165, 1.54) is 37.1 Å². The molecular weight excluding hydrogens is 986 g/mol. The summed E-state index contributed by atoms with van der Waals surface area (Å²) in [6, 6.07) is 3.41. The maximum atomic E-state index is 15.4. The number of esters is 3. The predicted octanol–water partition coefficient (Wildman–Crippen LogP) is 3.52. The van der Waals surface area contributed by atoms with Gasteiger partial charge in [0.1, 0.15) is 54.3 Å². The van der Waals surface area contributed by atoms with E-state index in [1.807, 2.05) is 18.9 Å². The lowest BCUT2D eigenvalue weighted by molar-refractivity contribution is -0.344. The molecule has 21 nitrogen and oxygen atoms in total. The molecule has 4 N–H and O–H groups in total. The zero-order valence-corrected chi connectivity index (χ0v) is 45.1. The van der Waals surface area contributed by atoms with Gasteiger partial charge in [0.2, 0.25) is 0 Å². The number of cyclic esters (lactones) is 2. The number of benzene rings is 1. The molecule has 0 bridgehead atoms. The summed E-state index contributed by atoms with van der Waals surface area (Å²) in [6.07, 6.45) is -9.81. The van der Waals surface area contributed by atoms with Gasteiger partial charge in [0.05, 0.1) is 55.7 Å². The van der Waals surface area contributed by atoms with Crippen molar-refractivity contribution in [3.05, 3.63) is 35.7 Å². The standard InChI is InChI=1S/C53H82FN3O18/c1-11-41(61)72-40-25-43(63)70-36(16-13-15-33-18-19-35(24-38(33)54)57-27-37(29-59)71-52(57)65)17-14-21-56(9)28-39(60)30(3)23-34(20-22-58)48(49(40)67-10)75-51-46(64)45(55(7)8)47(31(4)69-51)74-44-26-53(6,66)50(32(5)68-44)73-42(62)12-2/h13,15,18-19,22,24,30-32,34,36-37,39-40,44-51,59-60,64,66H,11-12,14,16-17,20-21,23,25-29H2,1-10H3/b15-13+/t30-,31?,32?,34+,36+,37-,39+,40-,44+,45?,46?,47+,48+,49+,50+,51+,53?/m1/s1. The number of hydrogen-bond donors (Lipinski definition) is 4. The first kappa shape index (κ1) is 61.7. The van der Waals surface area contributed by atoms with Crippen LogP contribution in [-0.2, 0) is 61.8 Å². The monoisotopic (exact) mass is 1070 g/mol. The Hall–Kier alpha value is -4.20. The van der Waals surface area contributed by atoms with E-state index in [-0.39, 0.29) is 69.5 Å². The highest BCUT2D eigenvalue weighted by molar-refractivity contribution is 5.90. The van der Waals surface area contributed by atoms with Gasteiger partial charge in [0.25, 0.3) is 0 Å². The highest BCUT2D eigenvalue weighted by Gasteiger charge is 2.53. The van der Waals surface area contributed by atoms with Crippen LogP contribution in [0, 0.1) is 17.7 Å².